The number of hydrogen-bond acceptors (Lipinski definition) is 3. The molecule has 22 heavy (non-hydrogen) atoms. The van der Waals surface area contributed by atoms with Gasteiger partial charge in [0.15, 0.2) is 0 Å². The summed E-state index contributed by atoms with van der Waals surface area (Å²) in [6, 6.07) is 4.67. The molecule has 0 aliphatic carbocycles. The number of nitrogens with zero attached hydrogens (tertiary/aromatic N) is 1. The summed E-state index contributed by atoms with van der Waals surface area (Å²) in [5.74, 6) is 0.735. The molecule has 2 fully saturated rings. The number of benzene rings is 1. The average Bonchev–Trinajstić information content (AvgIpc) is 2.56. The standard InChI is InChI=1S/C19H28N2O/c1-15-13-18(21-9-11-22-12-10-21)14-16(2)19(15)4-3-17-5-7-20-8-6-17/h3-4,13-14,17,20H,5-12H2,1-2H3/b4-3+. The molecule has 3 heteroatoms. The fourth-order valence-electron chi connectivity index (χ4n) is 3.49. The number of piperidine rings is 1. The van der Waals surface area contributed by atoms with E-state index in [2.05, 4.69) is 48.3 Å². The van der Waals surface area contributed by atoms with E-state index < -0.39 is 0 Å². The molecule has 1 N–H and O–H groups in total. The lowest BCUT2D eigenvalue weighted by molar-refractivity contribution is 0.122. The predicted molar refractivity (Wildman–Crippen MR) is 93.6 cm³/mol. The monoisotopic (exact) mass is 300 g/mol. The molecular weight excluding hydrogens is 272 g/mol. The van der Waals surface area contributed by atoms with Crippen molar-refractivity contribution in [1.82, 2.24) is 5.32 Å². The maximum absolute atomic E-state index is 5.45. The second-order valence-electron chi connectivity index (χ2n) is 6.54. The maximum Gasteiger partial charge on any atom is 0.0642 e. The van der Waals surface area contributed by atoms with Crippen LogP contribution in [0, 0.1) is 19.8 Å². The van der Waals surface area contributed by atoms with Crippen LogP contribution in [0.3, 0.4) is 0 Å². The average molecular weight is 300 g/mol. The minimum Gasteiger partial charge on any atom is -0.378 e. The SMILES string of the molecule is Cc1cc(N2CCOCC2)cc(C)c1/C=C/C1CCNCC1. The van der Waals surface area contributed by atoms with Crippen LogP contribution in [0.15, 0.2) is 18.2 Å². The Morgan fingerprint density at radius 3 is 2.36 bits per heavy atom. The Labute approximate surface area is 134 Å². The molecule has 2 aliphatic rings. The van der Waals surface area contributed by atoms with Gasteiger partial charge in [-0.15, -0.1) is 0 Å². The number of ether oxygens (including phenoxy) is 1. The van der Waals surface area contributed by atoms with E-state index in [1.54, 1.807) is 0 Å². The largest absolute Gasteiger partial charge is 0.378 e. The van der Waals surface area contributed by atoms with Crippen molar-refractivity contribution in [2.24, 2.45) is 5.92 Å². The van der Waals surface area contributed by atoms with Crippen LogP contribution in [0.25, 0.3) is 6.08 Å². The van der Waals surface area contributed by atoms with Crippen LogP contribution >= 0.6 is 0 Å². The summed E-state index contributed by atoms with van der Waals surface area (Å²) in [5.41, 5.74) is 5.51. The van der Waals surface area contributed by atoms with Crippen molar-refractivity contribution in [3.8, 4) is 0 Å². The molecule has 3 nitrogen and oxygen atoms in total. The summed E-state index contributed by atoms with van der Waals surface area (Å²) in [6.07, 6.45) is 7.30. The zero-order valence-corrected chi connectivity index (χ0v) is 13.9. The van der Waals surface area contributed by atoms with E-state index in [4.69, 9.17) is 4.74 Å². The van der Waals surface area contributed by atoms with Gasteiger partial charge < -0.3 is 15.0 Å². The van der Waals surface area contributed by atoms with E-state index in [9.17, 15) is 0 Å². The van der Waals surface area contributed by atoms with Crippen molar-refractivity contribution in [1.29, 1.82) is 0 Å². The Morgan fingerprint density at radius 2 is 1.73 bits per heavy atom. The van der Waals surface area contributed by atoms with Gasteiger partial charge in [-0.05, 0) is 74.5 Å². The highest BCUT2D eigenvalue weighted by atomic mass is 16.5. The van der Waals surface area contributed by atoms with Gasteiger partial charge in [0, 0.05) is 18.8 Å². The number of hydrogen-bond donors (Lipinski definition) is 1. The molecule has 0 spiro atoms. The third-order valence-electron chi connectivity index (χ3n) is 4.87. The van der Waals surface area contributed by atoms with E-state index >= 15 is 0 Å². The molecule has 0 atom stereocenters. The topological polar surface area (TPSA) is 24.5 Å². The molecule has 0 radical (unpaired) electrons. The van der Waals surface area contributed by atoms with E-state index in [1.807, 2.05) is 0 Å². The van der Waals surface area contributed by atoms with Crippen LogP contribution in [0.4, 0.5) is 5.69 Å². The van der Waals surface area contributed by atoms with Gasteiger partial charge >= 0.3 is 0 Å². The molecule has 120 valence electrons. The fraction of sp³-hybridized carbons (Fsp3) is 0.579. The van der Waals surface area contributed by atoms with E-state index in [0.29, 0.717) is 0 Å². The predicted octanol–water partition coefficient (Wildman–Crippen LogP) is 3.15. The van der Waals surface area contributed by atoms with Crippen LogP contribution in [-0.2, 0) is 4.74 Å². The van der Waals surface area contributed by atoms with Gasteiger partial charge in [0.1, 0.15) is 0 Å². The van der Waals surface area contributed by atoms with Gasteiger partial charge in [0.2, 0.25) is 0 Å². The van der Waals surface area contributed by atoms with Gasteiger partial charge in [-0.3, -0.25) is 0 Å². The molecule has 2 heterocycles. The molecule has 0 bridgehead atoms. The van der Waals surface area contributed by atoms with Crippen molar-refractivity contribution < 1.29 is 4.74 Å². The number of nitrogens with one attached hydrogen (secondary N) is 1. The Kier molecular flexibility index (Phi) is 5.16. The second-order valence-corrected chi connectivity index (χ2v) is 6.54. The van der Waals surface area contributed by atoms with Gasteiger partial charge in [-0.1, -0.05) is 12.2 Å². The number of anilines is 1. The summed E-state index contributed by atoms with van der Waals surface area (Å²) in [6.45, 7) is 10.5. The van der Waals surface area contributed by atoms with Crippen LogP contribution in [0.1, 0.15) is 29.5 Å². The van der Waals surface area contributed by atoms with Gasteiger partial charge in [0.05, 0.1) is 13.2 Å². The third kappa shape index (κ3) is 3.71. The molecule has 2 saturated heterocycles. The summed E-state index contributed by atoms with van der Waals surface area (Å²) < 4.78 is 5.45. The van der Waals surface area contributed by atoms with Crippen LogP contribution < -0.4 is 10.2 Å². The van der Waals surface area contributed by atoms with E-state index in [0.717, 1.165) is 45.3 Å². The minimum atomic E-state index is 0.735. The Morgan fingerprint density at radius 1 is 1.09 bits per heavy atom. The normalized spacial score (nSPS) is 20.7. The first-order valence-electron chi connectivity index (χ1n) is 8.57. The molecule has 3 rings (SSSR count). The summed E-state index contributed by atoms with van der Waals surface area (Å²) in [7, 11) is 0. The molecule has 1 aromatic rings. The van der Waals surface area contributed by atoms with Crippen LogP contribution in [0.5, 0.6) is 0 Å². The fourth-order valence-corrected chi connectivity index (χ4v) is 3.49. The molecular formula is C19H28N2O. The van der Waals surface area contributed by atoms with Crippen molar-refractivity contribution >= 4 is 11.8 Å². The summed E-state index contributed by atoms with van der Waals surface area (Å²) in [5, 5.41) is 3.43. The molecule has 0 amide bonds. The zero-order valence-electron chi connectivity index (χ0n) is 13.9. The van der Waals surface area contributed by atoms with Crippen LogP contribution in [-0.4, -0.2) is 39.4 Å². The highest BCUT2D eigenvalue weighted by molar-refractivity contribution is 5.64. The smallest absolute Gasteiger partial charge is 0.0642 e. The maximum atomic E-state index is 5.45. The highest BCUT2D eigenvalue weighted by Gasteiger charge is 2.14. The van der Waals surface area contributed by atoms with E-state index in [1.165, 1.54) is 35.2 Å². The van der Waals surface area contributed by atoms with Gasteiger partial charge in [0.25, 0.3) is 0 Å². The van der Waals surface area contributed by atoms with Crippen molar-refractivity contribution in [3.63, 3.8) is 0 Å². The Bertz CT molecular complexity index is 503. The molecule has 0 aromatic heterocycles. The highest BCUT2D eigenvalue weighted by Crippen LogP contribution is 2.26. The Balaban J connectivity index is 1.75. The lowest BCUT2D eigenvalue weighted by Crippen LogP contribution is -2.36. The zero-order chi connectivity index (χ0) is 15.4. The number of morpholine rings is 1. The Hall–Kier alpha value is -1.32. The summed E-state index contributed by atoms with van der Waals surface area (Å²) >= 11 is 0. The number of rotatable bonds is 3. The van der Waals surface area contributed by atoms with E-state index in [-0.39, 0.29) is 0 Å². The van der Waals surface area contributed by atoms with Crippen molar-refractivity contribution in [3.05, 3.63) is 34.9 Å². The quantitative estimate of drug-likeness (QED) is 0.928. The number of aryl methyl sites for hydroxylation is 2. The second kappa shape index (κ2) is 7.30. The van der Waals surface area contributed by atoms with Crippen molar-refractivity contribution in [2.75, 3.05) is 44.3 Å². The molecule has 2 aliphatic heterocycles. The lowest BCUT2D eigenvalue weighted by Gasteiger charge is -2.29. The summed E-state index contributed by atoms with van der Waals surface area (Å²) in [4.78, 5) is 2.43. The number of allylic oxidation sites excluding steroid dienone is 1. The molecule has 1 aromatic carbocycles. The molecule has 0 unspecified atom stereocenters. The van der Waals surface area contributed by atoms with Gasteiger partial charge in [-0.25, -0.2) is 0 Å². The third-order valence-corrected chi connectivity index (χ3v) is 4.87. The van der Waals surface area contributed by atoms with Crippen molar-refractivity contribution in [2.45, 2.75) is 26.7 Å². The molecule has 0 saturated carbocycles. The van der Waals surface area contributed by atoms with Crippen LogP contribution in [0.2, 0.25) is 0 Å². The van der Waals surface area contributed by atoms with Gasteiger partial charge in [-0.2, -0.15) is 0 Å². The minimum absolute atomic E-state index is 0.735. The first kappa shape index (κ1) is 15.6. The first-order chi connectivity index (χ1) is 10.7. The lowest BCUT2D eigenvalue weighted by atomic mass is 9.94. The first-order valence-corrected chi connectivity index (χ1v) is 8.57.